The maximum Gasteiger partial charge on any atom is 0.227 e. The zero-order valence-electron chi connectivity index (χ0n) is 13.4. The van der Waals surface area contributed by atoms with Gasteiger partial charge in [0.05, 0.1) is 12.3 Å². The Bertz CT molecular complexity index is 736. The van der Waals surface area contributed by atoms with Gasteiger partial charge in [-0.05, 0) is 36.1 Å². The van der Waals surface area contributed by atoms with E-state index in [1.165, 1.54) is 0 Å². The van der Waals surface area contributed by atoms with Gasteiger partial charge in [-0.1, -0.05) is 42.5 Å². The van der Waals surface area contributed by atoms with Gasteiger partial charge < -0.3 is 10.6 Å². The van der Waals surface area contributed by atoms with Crippen LogP contribution in [-0.2, 0) is 16.0 Å². The molecule has 0 bridgehead atoms. The number of nitrogens with zero attached hydrogens (tertiary/aromatic N) is 1. The third-order valence-corrected chi connectivity index (χ3v) is 4.83. The monoisotopic (exact) mass is 310 g/mol. The van der Waals surface area contributed by atoms with Crippen molar-refractivity contribution in [2.45, 2.75) is 32.2 Å². The molecule has 1 fully saturated rings. The highest BCUT2D eigenvalue weighted by molar-refractivity contribution is 5.90. The number of fused-ring (bicyclic) bond motifs is 1. The van der Waals surface area contributed by atoms with Gasteiger partial charge in [0, 0.05) is 12.6 Å². The number of likely N-dealkylation sites (tertiary alicyclic amines) is 1. The van der Waals surface area contributed by atoms with Crippen molar-refractivity contribution in [3.05, 3.63) is 48.0 Å². The molecule has 2 N–H and O–H groups in total. The minimum Gasteiger partial charge on any atom is -0.369 e. The first-order valence-corrected chi connectivity index (χ1v) is 8.11. The van der Waals surface area contributed by atoms with Gasteiger partial charge >= 0.3 is 0 Å². The molecule has 0 radical (unpaired) electrons. The van der Waals surface area contributed by atoms with Crippen LogP contribution in [0, 0.1) is 5.92 Å². The number of amides is 2. The smallest absolute Gasteiger partial charge is 0.227 e. The van der Waals surface area contributed by atoms with Crippen LogP contribution in [-0.4, -0.2) is 29.3 Å². The molecule has 2 aromatic carbocycles. The molecule has 1 saturated heterocycles. The van der Waals surface area contributed by atoms with Crippen LogP contribution in [0.3, 0.4) is 0 Å². The lowest BCUT2D eigenvalue weighted by Crippen LogP contribution is -2.49. The molecule has 0 spiro atoms. The van der Waals surface area contributed by atoms with E-state index in [0.29, 0.717) is 13.0 Å². The Labute approximate surface area is 136 Å². The number of rotatable bonds is 3. The molecule has 2 aromatic rings. The zero-order chi connectivity index (χ0) is 16.4. The second-order valence-electron chi connectivity index (χ2n) is 6.39. The molecule has 0 unspecified atom stereocenters. The number of piperidine rings is 1. The molecule has 4 heteroatoms. The summed E-state index contributed by atoms with van der Waals surface area (Å²) in [6.45, 7) is 2.48. The minimum atomic E-state index is -0.306. The molecule has 0 aliphatic carbocycles. The fraction of sp³-hybridized carbons (Fsp3) is 0.368. The zero-order valence-corrected chi connectivity index (χ0v) is 13.4. The maximum absolute atomic E-state index is 12.8. The number of benzene rings is 2. The van der Waals surface area contributed by atoms with Crippen molar-refractivity contribution in [1.29, 1.82) is 0 Å². The Hall–Kier alpha value is -2.36. The largest absolute Gasteiger partial charge is 0.369 e. The fourth-order valence-corrected chi connectivity index (χ4v) is 3.40. The number of hydrogen-bond acceptors (Lipinski definition) is 2. The van der Waals surface area contributed by atoms with Crippen LogP contribution in [0.2, 0.25) is 0 Å². The second kappa shape index (κ2) is 6.41. The van der Waals surface area contributed by atoms with E-state index in [9.17, 15) is 9.59 Å². The van der Waals surface area contributed by atoms with Gasteiger partial charge in [-0.2, -0.15) is 0 Å². The van der Waals surface area contributed by atoms with Gasteiger partial charge in [-0.15, -0.1) is 0 Å². The second-order valence-corrected chi connectivity index (χ2v) is 6.39. The summed E-state index contributed by atoms with van der Waals surface area (Å²) in [5, 5.41) is 2.25. The lowest BCUT2D eigenvalue weighted by Gasteiger charge is -2.37. The standard InChI is InChI=1S/C19H22N2O2/c1-13-9-10-16(19(20)23)12-21(13)18(22)11-15-7-4-6-14-5-2-3-8-17(14)15/h2-8,13,16H,9-12H2,1H3,(H2,20,23)/t13-,16+/m1/s1. The van der Waals surface area contributed by atoms with Crippen LogP contribution in [0.25, 0.3) is 10.8 Å². The normalized spacial score (nSPS) is 21.3. The van der Waals surface area contributed by atoms with Gasteiger partial charge in [0.1, 0.15) is 0 Å². The lowest BCUT2D eigenvalue weighted by atomic mass is 9.92. The van der Waals surface area contributed by atoms with Crippen LogP contribution in [0.4, 0.5) is 0 Å². The highest BCUT2D eigenvalue weighted by Gasteiger charge is 2.31. The number of nitrogens with two attached hydrogens (primary N) is 1. The Morgan fingerprint density at radius 2 is 1.87 bits per heavy atom. The summed E-state index contributed by atoms with van der Waals surface area (Å²) >= 11 is 0. The molecular weight excluding hydrogens is 288 g/mol. The lowest BCUT2D eigenvalue weighted by molar-refractivity contribution is -0.136. The van der Waals surface area contributed by atoms with Crippen LogP contribution in [0.1, 0.15) is 25.3 Å². The van der Waals surface area contributed by atoms with Crippen molar-refractivity contribution in [2.75, 3.05) is 6.54 Å². The predicted octanol–water partition coefficient (Wildman–Crippen LogP) is 2.49. The molecular formula is C19H22N2O2. The molecule has 0 aromatic heterocycles. The molecule has 2 atom stereocenters. The topological polar surface area (TPSA) is 63.4 Å². The van der Waals surface area contributed by atoms with Crippen molar-refractivity contribution < 1.29 is 9.59 Å². The SMILES string of the molecule is C[C@@H]1CC[C@H](C(N)=O)CN1C(=O)Cc1cccc2ccccc12. The third kappa shape index (κ3) is 3.21. The molecule has 3 rings (SSSR count). The van der Waals surface area contributed by atoms with Gasteiger partial charge in [-0.25, -0.2) is 0 Å². The molecule has 23 heavy (non-hydrogen) atoms. The van der Waals surface area contributed by atoms with E-state index < -0.39 is 0 Å². The van der Waals surface area contributed by atoms with Crippen LogP contribution in [0.15, 0.2) is 42.5 Å². The van der Waals surface area contributed by atoms with Crippen molar-refractivity contribution in [2.24, 2.45) is 11.7 Å². The van der Waals surface area contributed by atoms with Crippen LogP contribution < -0.4 is 5.73 Å². The van der Waals surface area contributed by atoms with E-state index in [4.69, 9.17) is 5.73 Å². The van der Waals surface area contributed by atoms with E-state index in [0.717, 1.165) is 29.2 Å². The summed E-state index contributed by atoms with van der Waals surface area (Å²) < 4.78 is 0. The van der Waals surface area contributed by atoms with E-state index >= 15 is 0 Å². The fourth-order valence-electron chi connectivity index (χ4n) is 3.40. The summed E-state index contributed by atoms with van der Waals surface area (Å²) in [7, 11) is 0. The van der Waals surface area contributed by atoms with Gasteiger partial charge in [0.25, 0.3) is 0 Å². The molecule has 1 aliphatic heterocycles. The highest BCUT2D eigenvalue weighted by Crippen LogP contribution is 2.24. The molecule has 1 heterocycles. The van der Waals surface area contributed by atoms with E-state index in [-0.39, 0.29) is 23.8 Å². The summed E-state index contributed by atoms with van der Waals surface area (Å²) in [6.07, 6.45) is 1.96. The number of hydrogen-bond donors (Lipinski definition) is 1. The summed E-state index contributed by atoms with van der Waals surface area (Å²) in [5.74, 6) is -0.456. The quantitative estimate of drug-likeness (QED) is 0.946. The Morgan fingerprint density at radius 3 is 2.65 bits per heavy atom. The molecule has 0 saturated carbocycles. The van der Waals surface area contributed by atoms with E-state index in [2.05, 4.69) is 12.1 Å². The van der Waals surface area contributed by atoms with Gasteiger partial charge in [0.2, 0.25) is 11.8 Å². The summed E-state index contributed by atoms with van der Waals surface area (Å²) in [5.41, 5.74) is 6.45. The van der Waals surface area contributed by atoms with E-state index in [1.807, 2.05) is 42.2 Å². The van der Waals surface area contributed by atoms with Gasteiger partial charge in [-0.3, -0.25) is 9.59 Å². The van der Waals surface area contributed by atoms with Crippen molar-refractivity contribution in [3.63, 3.8) is 0 Å². The average molecular weight is 310 g/mol. The number of carbonyl (C=O) groups is 2. The van der Waals surface area contributed by atoms with Gasteiger partial charge in [0.15, 0.2) is 0 Å². The predicted molar refractivity (Wildman–Crippen MR) is 90.7 cm³/mol. The minimum absolute atomic E-state index is 0.0693. The number of carbonyl (C=O) groups excluding carboxylic acids is 2. The first-order valence-electron chi connectivity index (χ1n) is 8.11. The Balaban J connectivity index is 1.81. The third-order valence-electron chi connectivity index (χ3n) is 4.83. The Morgan fingerprint density at radius 1 is 1.13 bits per heavy atom. The highest BCUT2D eigenvalue weighted by atomic mass is 16.2. The van der Waals surface area contributed by atoms with Crippen molar-refractivity contribution in [1.82, 2.24) is 4.90 Å². The first kappa shape index (κ1) is 15.5. The first-order chi connectivity index (χ1) is 11.1. The molecule has 2 amide bonds. The van der Waals surface area contributed by atoms with Crippen molar-refractivity contribution >= 4 is 22.6 Å². The summed E-state index contributed by atoms with van der Waals surface area (Å²) in [6, 6.07) is 14.3. The summed E-state index contributed by atoms with van der Waals surface area (Å²) in [4.78, 5) is 26.0. The Kier molecular flexibility index (Phi) is 4.33. The average Bonchev–Trinajstić information content (AvgIpc) is 2.55. The number of primary amides is 1. The van der Waals surface area contributed by atoms with Crippen LogP contribution >= 0.6 is 0 Å². The van der Waals surface area contributed by atoms with E-state index in [1.54, 1.807) is 0 Å². The van der Waals surface area contributed by atoms with Crippen LogP contribution in [0.5, 0.6) is 0 Å². The molecule has 120 valence electrons. The molecule has 1 aliphatic rings. The van der Waals surface area contributed by atoms with Crippen molar-refractivity contribution in [3.8, 4) is 0 Å². The maximum atomic E-state index is 12.8. The molecule has 4 nitrogen and oxygen atoms in total.